The Hall–Kier alpha value is -3.68. The highest BCUT2D eigenvalue weighted by Crippen LogP contribution is 2.40. The second-order valence-electron chi connectivity index (χ2n) is 10.6. The molecule has 1 amide bonds. The van der Waals surface area contributed by atoms with Gasteiger partial charge in [0.15, 0.2) is 5.78 Å². The number of ether oxygens (including phenoxy) is 3. The van der Waals surface area contributed by atoms with Gasteiger partial charge in [0.2, 0.25) is 0 Å². The summed E-state index contributed by atoms with van der Waals surface area (Å²) in [6.45, 7) is 7.13. The van der Waals surface area contributed by atoms with E-state index >= 15 is 0 Å². The summed E-state index contributed by atoms with van der Waals surface area (Å²) in [5, 5.41) is 0.780. The topological polar surface area (TPSA) is 90.9 Å². The molecular weight excluding hydrogens is 458 g/mol. The van der Waals surface area contributed by atoms with Crippen molar-refractivity contribution < 1.29 is 23.8 Å². The molecule has 1 fully saturated rings. The number of ketones is 1. The Balaban J connectivity index is 1.36. The van der Waals surface area contributed by atoms with Crippen LogP contribution < -0.4 is 14.2 Å². The molecule has 4 heterocycles. The summed E-state index contributed by atoms with van der Waals surface area (Å²) in [4.78, 5) is 37.5. The molecule has 1 spiro atoms. The molecule has 0 bridgehead atoms. The SMILES string of the molecule is COc1cc(C(=O)N2CCC3(CC2)CC(=O)c2cc(C(C)(C)C)ncc2O3)nc2c(OC)cccc12. The number of nitrogens with zero attached hydrogens (tertiary/aromatic N) is 3. The Morgan fingerprint density at radius 2 is 1.81 bits per heavy atom. The summed E-state index contributed by atoms with van der Waals surface area (Å²) < 4.78 is 17.4. The van der Waals surface area contributed by atoms with Gasteiger partial charge in [0.25, 0.3) is 5.91 Å². The second kappa shape index (κ2) is 8.76. The van der Waals surface area contributed by atoms with E-state index in [0.717, 1.165) is 11.1 Å². The molecule has 0 unspecified atom stereocenters. The number of hydrogen-bond acceptors (Lipinski definition) is 7. The molecule has 2 aromatic heterocycles. The van der Waals surface area contributed by atoms with Crippen molar-refractivity contribution in [2.24, 2.45) is 0 Å². The number of piperidine rings is 1. The molecule has 8 nitrogen and oxygen atoms in total. The maximum Gasteiger partial charge on any atom is 0.272 e. The van der Waals surface area contributed by atoms with Crippen LogP contribution in [0.4, 0.5) is 0 Å². The van der Waals surface area contributed by atoms with Crippen molar-refractivity contribution in [2.45, 2.75) is 51.0 Å². The van der Waals surface area contributed by atoms with Crippen LogP contribution >= 0.6 is 0 Å². The number of hydrogen-bond donors (Lipinski definition) is 0. The molecule has 0 aliphatic carbocycles. The number of fused-ring (bicyclic) bond motifs is 2. The first-order valence-corrected chi connectivity index (χ1v) is 12.2. The van der Waals surface area contributed by atoms with Crippen LogP contribution in [0.2, 0.25) is 0 Å². The van der Waals surface area contributed by atoms with Gasteiger partial charge in [-0.15, -0.1) is 0 Å². The van der Waals surface area contributed by atoms with Gasteiger partial charge in [0, 0.05) is 48.5 Å². The van der Waals surface area contributed by atoms with Gasteiger partial charge >= 0.3 is 0 Å². The molecule has 188 valence electrons. The van der Waals surface area contributed by atoms with Crippen LogP contribution in [0.3, 0.4) is 0 Å². The van der Waals surface area contributed by atoms with Crippen LogP contribution in [0.15, 0.2) is 36.5 Å². The molecule has 2 aliphatic rings. The van der Waals surface area contributed by atoms with E-state index < -0.39 is 5.60 Å². The number of rotatable bonds is 3. The Morgan fingerprint density at radius 3 is 2.47 bits per heavy atom. The van der Waals surface area contributed by atoms with E-state index in [0.29, 0.717) is 66.4 Å². The predicted molar refractivity (Wildman–Crippen MR) is 135 cm³/mol. The number of carbonyl (C=O) groups excluding carboxylic acids is 2. The molecule has 5 rings (SSSR count). The summed E-state index contributed by atoms with van der Waals surface area (Å²) in [7, 11) is 3.15. The lowest BCUT2D eigenvalue weighted by Crippen LogP contribution is -2.52. The lowest BCUT2D eigenvalue weighted by Gasteiger charge is -2.43. The predicted octanol–water partition coefficient (Wildman–Crippen LogP) is 4.58. The maximum atomic E-state index is 13.4. The third kappa shape index (κ3) is 4.14. The van der Waals surface area contributed by atoms with Gasteiger partial charge in [-0.1, -0.05) is 26.8 Å². The fourth-order valence-corrected chi connectivity index (χ4v) is 5.00. The summed E-state index contributed by atoms with van der Waals surface area (Å²) in [6.07, 6.45) is 3.08. The average molecular weight is 490 g/mol. The minimum Gasteiger partial charge on any atom is -0.496 e. The molecule has 3 aromatic rings. The summed E-state index contributed by atoms with van der Waals surface area (Å²) in [6, 6.07) is 9.08. The number of likely N-dealkylation sites (tertiary alicyclic amines) is 1. The van der Waals surface area contributed by atoms with E-state index in [1.54, 1.807) is 31.4 Å². The van der Waals surface area contributed by atoms with E-state index in [-0.39, 0.29) is 17.1 Å². The van der Waals surface area contributed by atoms with Gasteiger partial charge in [-0.25, -0.2) is 4.98 Å². The number of benzene rings is 1. The molecule has 8 heteroatoms. The van der Waals surface area contributed by atoms with Crippen molar-refractivity contribution in [3.63, 3.8) is 0 Å². The molecular formula is C28H31N3O5. The summed E-state index contributed by atoms with van der Waals surface area (Å²) in [5.74, 6) is 1.56. The van der Waals surface area contributed by atoms with Gasteiger partial charge in [-0.05, 0) is 18.2 Å². The number of methoxy groups -OCH3 is 2. The Labute approximate surface area is 210 Å². The number of amides is 1. The fourth-order valence-electron chi connectivity index (χ4n) is 5.00. The first kappa shape index (κ1) is 24.0. The summed E-state index contributed by atoms with van der Waals surface area (Å²) >= 11 is 0. The zero-order valence-corrected chi connectivity index (χ0v) is 21.4. The number of para-hydroxylation sites is 1. The zero-order chi connectivity index (χ0) is 25.7. The second-order valence-corrected chi connectivity index (χ2v) is 10.6. The third-order valence-corrected chi connectivity index (χ3v) is 7.13. The van der Waals surface area contributed by atoms with Crippen LogP contribution in [0.25, 0.3) is 10.9 Å². The van der Waals surface area contributed by atoms with E-state index in [9.17, 15) is 9.59 Å². The standard InChI is InChI=1S/C28H31N3O5/c1-27(2,3)24-13-18-20(32)15-28(36-23(18)16-29-24)9-11-31(12-10-28)26(33)19-14-22(35-5)17-7-6-8-21(34-4)25(17)30-19/h6-8,13-14,16H,9-12,15H2,1-5H3. The van der Waals surface area contributed by atoms with E-state index in [4.69, 9.17) is 14.2 Å². The van der Waals surface area contributed by atoms with Crippen LogP contribution in [-0.2, 0) is 5.41 Å². The van der Waals surface area contributed by atoms with Gasteiger partial charge in [0.05, 0.1) is 32.4 Å². The van der Waals surface area contributed by atoms with Crippen LogP contribution in [0.1, 0.15) is 66.6 Å². The molecule has 1 saturated heterocycles. The van der Waals surface area contributed by atoms with E-state index in [2.05, 4.69) is 30.7 Å². The third-order valence-electron chi connectivity index (χ3n) is 7.13. The largest absolute Gasteiger partial charge is 0.496 e. The van der Waals surface area contributed by atoms with Gasteiger partial charge in [-0.3, -0.25) is 14.6 Å². The Morgan fingerprint density at radius 1 is 1.08 bits per heavy atom. The fraction of sp³-hybridized carbons (Fsp3) is 0.429. The van der Waals surface area contributed by atoms with Gasteiger partial charge < -0.3 is 19.1 Å². The van der Waals surface area contributed by atoms with Crippen molar-refractivity contribution in [3.8, 4) is 17.2 Å². The maximum absolute atomic E-state index is 13.4. The van der Waals surface area contributed by atoms with E-state index in [1.807, 2.05) is 24.3 Å². The van der Waals surface area contributed by atoms with Gasteiger partial charge in [0.1, 0.15) is 34.1 Å². The van der Waals surface area contributed by atoms with Crippen molar-refractivity contribution in [2.75, 3.05) is 27.3 Å². The van der Waals surface area contributed by atoms with Crippen molar-refractivity contribution >= 4 is 22.6 Å². The first-order valence-electron chi connectivity index (χ1n) is 12.2. The molecule has 0 saturated carbocycles. The number of Topliss-reactive ketones (excluding diaryl/α,β-unsaturated/α-hetero) is 1. The molecule has 0 atom stereocenters. The highest BCUT2D eigenvalue weighted by atomic mass is 16.5. The highest BCUT2D eigenvalue weighted by molar-refractivity contribution is 6.01. The van der Waals surface area contributed by atoms with Crippen LogP contribution in [0.5, 0.6) is 17.2 Å². The minimum absolute atomic E-state index is 0.0666. The zero-order valence-electron chi connectivity index (χ0n) is 21.4. The van der Waals surface area contributed by atoms with Crippen molar-refractivity contribution in [3.05, 3.63) is 53.5 Å². The molecule has 0 radical (unpaired) electrons. The van der Waals surface area contributed by atoms with Crippen LogP contribution in [-0.4, -0.2) is 59.5 Å². The quantitative estimate of drug-likeness (QED) is 0.532. The monoisotopic (exact) mass is 489 g/mol. The Kier molecular flexibility index (Phi) is 5.85. The first-order chi connectivity index (χ1) is 17.1. The number of aromatic nitrogens is 2. The molecule has 2 aliphatic heterocycles. The highest BCUT2D eigenvalue weighted by Gasteiger charge is 2.44. The average Bonchev–Trinajstić information content (AvgIpc) is 2.87. The smallest absolute Gasteiger partial charge is 0.272 e. The van der Waals surface area contributed by atoms with Crippen molar-refractivity contribution in [1.82, 2.24) is 14.9 Å². The molecule has 36 heavy (non-hydrogen) atoms. The number of carbonyl (C=O) groups is 2. The summed E-state index contributed by atoms with van der Waals surface area (Å²) in [5.41, 5.74) is 1.56. The Bertz CT molecular complexity index is 1350. The molecule has 0 N–H and O–H groups in total. The van der Waals surface area contributed by atoms with Crippen LogP contribution in [0, 0.1) is 0 Å². The lowest BCUT2D eigenvalue weighted by molar-refractivity contribution is -0.00616. The lowest BCUT2D eigenvalue weighted by atomic mass is 9.81. The van der Waals surface area contributed by atoms with Crippen molar-refractivity contribution in [1.29, 1.82) is 0 Å². The normalized spacial score (nSPS) is 17.0. The number of pyridine rings is 2. The van der Waals surface area contributed by atoms with E-state index in [1.165, 1.54) is 0 Å². The molecule has 1 aromatic carbocycles. The van der Waals surface area contributed by atoms with Gasteiger partial charge in [-0.2, -0.15) is 0 Å². The minimum atomic E-state index is -0.622.